The summed E-state index contributed by atoms with van der Waals surface area (Å²) in [7, 11) is 0. The zero-order chi connectivity index (χ0) is 9.97. The van der Waals surface area contributed by atoms with Gasteiger partial charge in [0.15, 0.2) is 0 Å². The third-order valence-electron chi connectivity index (χ3n) is 1.93. The fourth-order valence-corrected chi connectivity index (χ4v) is 1.28. The summed E-state index contributed by atoms with van der Waals surface area (Å²) in [4.78, 5) is 8.31. The fraction of sp³-hybridized carbons (Fsp3) is 0.0909. The van der Waals surface area contributed by atoms with Crippen LogP contribution in [0.25, 0.3) is 11.3 Å². The fourth-order valence-electron chi connectivity index (χ4n) is 1.28. The number of hydrogen-bond donors (Lipinski definition) is 1. The first kappa shape index (κ1) is 8.69. The maximum absolute atomic E-state index is 9.59. The molecule has 3 nitrogen and oxygen atoms in total. The van der Waals surface area contributed by atoms with Crippen LogP contribution in [0, 0.1) is 6.92 Å². The summed E-state index contributed by atoms with van der Waals surface area (Å²) < 4.78 is 0. The van der Waals surface area contributed by atoms with Gasteiger partial charge in [-0.1, -0.05) is 12.1 Å². The molecule has 0 aliphatic heterocycles. The van der Waals surface area contributed by atoms with Crippen molar-refractivity contribution >= 4 is 0 Å². The van der Waals surface area contributed by atoms with Gasteiger partial charge in [-0.05, 0) is 19.1 Å². The van der Waals surface area contributed by atoms with Gasteiger partial charge in [0.25, 0.3) is 0 Å². The predicted molar refractivity (Wildman–Crippen MR) is 53.9 cm³/mol. The highest BCUT2D eigenvalue weighted by molar-refractivity contribution is 5.65. The Labute approximate surface area is 82.1 Å². The van der Waals surface area contributed by atoms with Crippen molar-refractivity contribution in [3.05, 3.63) is 42.4 Å². The monoisotopic (exact) mass is 186 g/mol. The number of rotatable bonds is 1. The zero-order valence-corrected chi connectivity index (χ0v) is 7.81. The van der Waals surface area contributed by atoms with Gasteiger partial charge in [-0.15, -0.1) is 0 Å². The van der Waals surface area contributed by atoms with Gasteiger partial charge in [-0.2, -0.15) is 0 Å². The minimum absolute atomic E-state index is 0.229. The average Bonchev–Trinajstić information content (AvgIpc) is 2.18. The zero-order valence-electron chi connectivity index (χ0n) is 7.81. The van der Waals surface area contributed by atoms with Gasteiger partial charge in [0.2, 0.25) is 0 Å². The lowest BCUT2D eigenvalue weighted by molar-refractivity contribution is 0.477. The van der Waals surface area contributed by atoms with Crippen molar-refractivity contribution in [1.82, 2.24) is 9.97 Å². The Morgan fingerprint density at radius 2 is 1.93 bits per heavy atom. The van der Waals surface area contributed by atoms with E-state index >= 15 is 0 Å². The Kier molecular flexibility index (Phi) is 2.14. The maximum Gasteiger partial charge on any atom is 0.125 e. The highest BCUT2D eigenvalue weighted by Gasteiger charge is 2.04. The summed E-state index contributed by atoms with van der Waals surface area (Å²) in [5.74, 6) is 0.229. The molecule has 0 saturated heterocycles. The summed E-state index contributed by atoms with van der Waals surface area (Å²) in [5, 5.41) is 9.59. The maximum atomic E-state index is 9.59. The molecule has 1 heterocycles. The molecule has 0 aliphatic carbocycles. The molecule has 1 aromatic heterocycles. The molecule has 0 bridgehead atoms. The number of nitrogens with zero attached hydrogens (tertiary/aromatic N) is 2. The number of para-hydroxylation sites is 1. The van der Waals surface area contributed by atoms with Crippen LogP contribution < -0.4 is 0 Å². The molecule has 0 amide bonds. The van der Waals surface area contributed by atoms with Crippen LogP contribution in [0.15, 0.2) is 36.7 Å². The molecule has 1 aromatic carbocycles. The molecule has 3 heteroatoms. The van der Waals surface area contributed by atoms with Crippen LogP contribution in [-0.4, -0.2) is 15.1 Å². The molecular weight excluding hydrogens is 176 g/mol. The normalized spacial score (nSPS) is 10.1. The van der Waals surface area contributed by atoms with Crippen LogP contribution >= 0.6 is 0 Å². The van der Waals surface area contributed by atoms with Crippen molar-refractivity contribution in [3.63, 3.8) is 0 Å². The average molecular weight is 186 g/mol. The minimum Gasteiger partial charge on any atom is -0.507 e. The first-order valence-corrected chi connectivity index (χ1v) is 4.34. The molecular formula is C11H10N2O. The van der Waals surface area contributed by atoms with Crippen molar-refractivity contribution in [3.8, 4) is 17.0 Å². The second-order valence-corrected chi connectivity index (χ2v) is 3.06. The number of phenolic OH excluding ortho intramolecular Hbond substituents is 1. The Balaban J connectivity index is 2.55. The van der Waals surface area contributed by atoms with Gasteiger partial charge in [-0.3, -0.25) is 4.98 Å². The number of hydrogen-bond acceptors (Lipinski definition) is 3. The van der Waals surface area contributed by atoms with E-state index in [1.54, 1.807) is 24.5 Å². The Morgan fingerprint density at radius 1 is 1.14 bits per heavy atom. The van der Waals surface area contributed by atoms with Crippen molar-refractivity contribution in [2.24, 2.45) is 0 Å². The van der Waals surface area contributed by atoms with E-state index in [-0.39, 0.29) is 5.75 Å². The molecule has 0 fully saturated rings. The highest BCUT2D eigenvalue weighted by Crippen LogP contribution is 2.26. The van der Waals surface area contributed by atoms with E-state index in [9.17, 15) is 5.11 Å². The van der Waals surface area contributed by atoms with Gasteiger partial charge >= 0.3 is 0 Å². The number of aromatic nitrogens is 2. The van der Waals surface area contributed by atoms with Crippen LogP contribution in [0.4, 0.5) is 0 Å². The Morgan fingerprint density at radius 3 is 2.64 bits per heavy atom. The van der Waals surface area contributed by atoms with Crippen LogP contribution in [0.1, 0.15) is 5.69 Å². The minimum atomic E-state index is 0.229. The number of benzene rings is 1. The molecule has 2 rings (SSSR count). The smallest absolute Gasteiger partial charge is 0.125 e. The van der Waals surface area contributed by atoms with Crippen molar-refractivity contribution < 1.29 is 5.11 Å². The number of phenols is 1. The second-order valence-electron chi connectivity index (χ2n) is 3.06. The first-order valence-electron chi connectivity index (χ1n) is 4.34. The molecule has 2 aromatic rings. The second kappa shape index (κ2) is 3.46. The summed E-state index contributed by atoms with van der Waals surface area (Å²) in [6.45, 7) is 1.87. The van der Waals surface area contributed by atoms with E-state index in [0.29, 0.717) is 11.3 Å². The van der Waals surface area contributed by atoms with Gasteiger partial charge in [0, 0.05) is 11.8 Å². The lowest BCUT2D eigenvalue weighted by Crippen LogP contribution is -1.88. The lowest BCUT2D eigenvalue weighted by Gasteiger charge is -2.03. The summed E-state index contributed by atoms with van der Waals surface area (Å²) >= 11 is 0. The van der Waals surface area contributed by atoms with E-state index in [2.05, 4.69) is 9.97 Å². The molecule has 1 N–H and O–H groups in total. The molecule has 0 radical (unpaired) electrons. The highest BCUT2D eigenvalue weighted by atomic mass is 16.3. The predicted octanol–water partition coefficient (Wildman–Crippen LogP) is 2.16. The third kappa shape index (κ3) is 1.57. The largest absolute Gasteiger partial charge is 0.507 e. The van der Waals surface area contributed by atoms with Gasteiger partial charge in [0.1, 0.15) is 5.75 Å². The lowest BCUT2D eigenvalue weighted by atomic mass is 10.1. The van der Waals surface area contributed by atoms with Crippen LogP contribution in [0.5, 0.6) is 5.75 Å². The van der Waals surface area contributed by atoms with E-state index in [0.717, 1.165) is 5.69 Å². The van der Waals surface area contributed by atoms with E-state index < -0.39 is 0 Å². The quantitative estimate of drug-likeness (QED) is 0.742. The molecule has 14 heavy (non-hydrogen) atoms. The Bertz CT molecular complexity index is 455. The van der Waals surface area contributed by atoms with Gasteiger partial charge in [-0.25, -0.2) is 4.98 Å². The van der Waals surface area contributed by atoms with Crippen LogP contribution in [-0.2, 0) is 0 Å². The van der Waals surface area contributed by atoms with Crippen LogP contribution in [0.3, 0.4) is 0 Å². The summed E-state index contributed by atoms with van der Waals surface area (Å²) in [6.07, 6.45) is 3.32. The molecule has 0 unspecified atom stereocenters. The number of aryl methyl sites for hydroxylation is 1. The van der Waals surface area contributed by atoms with Crippen molar-refractivity contribution in [2.45, 2.75) is 6.92 Å². The van der Waals surface area contributed by atoms with E-state index in [1.807, 2.05) is 19.1 Å². The first-order chi connectivity index (χ1) is 6.77. The summed E-state index contributed by atoms with van der Waals surface area (Å²) in [5.41, 5.74) is 2.25. The topological polar surface area (TPSA) is 46.0 Å². The molecule has 0 saturated carbocycles. The Hall–Kier alpha value is -1.90. The van der Waals surface area contributed by atoms with Gasteiger partial charge < -0.3 is 5.11 Å². The third-order valence-corrected chi connectivity index (χ3v) is 1.93. The molecule has 0 spiro atoms. The van der Waals surface area contributed by atoms with E-state index in [4.69, 9.17) is 0 Å². The summed E-state index contributed by atoms with van der Waals surface area (Å²) in [6, 6.07) is 7.10. The molecule has 0 aliphatic rings. The molecule has 70 valence electrons. The van der Waals surface area contributed by atoms with Crippen LogP contribution in [0.2, 0.25) is 0 Å². The SMILES string of the molecule is Cc1cncc(-c2ccccc2O)n1. The number of aromatic hydroxyl groups is 1. The van der Waals surface area contributed by atoms with Crippen molar-refractivity contribution in [2.75, 3.05) is 0 Å². The van der Waals surface area contributed by atoms with E-state index in [1.165, 1.54) is 0 Å². The molecule has 0 atom stereocenters. The van der Waals surface area contributed by atoms with Crippen molar-refractivity contribution in [1.29, 1.82) is 0 Å². The standard InChI is InChI=1S/C11H10N2O/c1-8-6-12-7-10(13-8)9-4-2-3-5-11(9)14/h2-7,14H,1H3. The van der Waals surface area contributed by atoms with Gasteiger partial charge in [0.05, 0.1) is 17.6 Å².